The first-order valence-corrected chi connectivity index (χ1v) is 10.5. The number of oxazole rings is 1. The molecule has 1 aromatic heterocycles. The number of hydrogen-bond acceptors (Lipinski definition) is 8. The molecule has 2 aliphatic rings. The van der Waals surface area contributed by atoms with Gasteiger partial charge in [0.1, 0.15) is 6.07 Å². The maximum Gasteiger partial charge on any atom is 0.243 e. The lowest BCUT2D eigenvalue weighted by atomic mass is 10.2. The van der Waals surface area contributed by atoms with Gasteiger partial charge in [-0.05, 0) is 24.3 Å². The summed E-state index contributed by atoms with van der Waals surface area (Å²) in [5.74, 6) is 0.708. The molecule has 0 bridgehead atoms. The van der Waals surface area contributed by atoms with Crippen LogP contribution in [0.4, 0.5) is 5.88 Å². The Morgan fingerprint density at radius 1 is 0.964 bits per heavy atom. The molecule has 0 atom stereocenters. The van der Waals surface area contributed by atoms with Gasteiger partial charge in [0, 0.05) is 31.7 Å². The smallest absolute Gasteiger partial charge is 0.243 e. The molecule has 4 rings (SSSR count). The summed E-state index contributed by atoms with van der Waals surface area (Å²) in [7, 11) is -3.56. The van der Waals surface area contributed by atoms with Gasteiger partial charge in [-0.15, -0.1) is 0 Å². The molecule has 9 nitrogen and oxygen atoms in total. The first-order chi connectivity index (χ1) is 13.6. The van der Waals surface area contributed by atoms with Gasteiger partial charge in [0.25, 0.3) is 0 Å². The van der Waals surface area contributed by atoms with Crippen molar-refractivity contribution in [3.63, 3.8) is 0 Å². The Balaban J connectivity index is 1.59. The summed E-state index contributed by atoms with van der Waals surface area (Å²) in [6.45, 7) is 3.87. The molecular formula is C18H20N4O5S. The minimum absolute atomic E-state index is 0.207. The van der Waals surface area contributed by atoms with Gasteiger partial charge in [-0.1, -0.05) is 0 Å². The Kier molecular flexibility index (Phi) is 5.32. The SMILES string of the molecule is N#Cc1nc(-c2ccc(S(=O)(=O)N3CCOCC3)cc2)oc1N1CCOCC1. The lowest BCUT2D eigenvalue weighted by Crippen LogP contribution is -2.40. The average Bonchev–Trinajstić information content (AvgIpc) is 3.20. The third-order valence-corrected chi connectivity index (χ3v) is 6.64. The molecule has 0 N–H and O–H groups in total. The van der Waals surface area contributed by atoms with Gasteiger partial charge in [-0.3, -0.25) is 0 Å². The molecule has 3 heterocycles. The number of nitrogens with zero attached hydrogens (tertiary/aromatic N) is 4. The quantitative estimate of drug-likeness (QED) is 0.744. The highest BCUT2D eigenvalue weighted by Crippen LogP contribution is 2.29. The van der Waals surface area contributed by atoms with Crippen molar-refractivity contribution in [3.05, 3.63) is 30.0 Å². The maximum absolute atomic E-state index is 12.7. The molecule has 2 aromatic rings. The van der Waals surface area contributed by atoms with E-state index >= 15 is 0 Å². The predicted molar refractivity (Wildman–Crippen MR) is 99.3 cm³/mol. The van der Waals surface area contributed by atoms with E-state index in [0.29, 0.717) is 64.1 Å². The molecule has 0 unspecified atom stereocenters. The van der Waals surface area contributed by atoms with Gasteiger partial charge in [0.15, 0.2) is 0 Å². The van der Waals surface area contributed by atoms with Crippen molar-refractivity contribution in [2.75, 3.05) is 57.5 Å². The van der Waals surface area contributed by atoms with Crippen LogP contribution in [0.1, 0.15) is 5.69 Å². The second-order valence-electron chi connectivity index (χ2n) is 6.42. The van der Waals surface area contributed by atoms with Crippen LogP contribution in [-0.2, 0) is 19.5 Å². The van der Waals surface area contributed by atoms with E-state index in [1.807, 2.05) is 4.90 Å². The first kappa shape index (κ1) is 18.9. The fourth-order valence-electron chi connectivity index (χ4n) is 3.19. The minimum Gasteiger partial charge on any atom is -0.419 e. The van der Waals surface area contributed by atoms with Crippen molar-refractivity contribution in [3.8, 4) is 17.5 Å². The van der Waals surface area contributed by atoms with Crippen molar-refractivity contribution < 1.29 is 22.3 Å². The fourth-order valence-corrected chi connectivity index (χ4v) is 4.60. The summed E-state index contributed by atoms with van der Waals surface area (Å²) in [5.41, 5.74) is 0.818. The minimum atomic E-state index is -3.56. The number of morpholine rings is 2. The normalized spacial score (nSPS) is 18.8. The van der Waals surface area contributed by atoms with Crippen LogP contribution in [0.15, 0.2) is 33.6 Å². The summed E-state index contributed by atoms with van der Waals surface area (Å²) in [6.07, 6.45) is 0. The van der Waals surface area contributed by atoms with Crippen LogP contribution in [0.25, 0.3) is 11.5 Å². The maximum atomic E-state index is 12.7. The zero-order chi connectivity index (χ0) is 19.6. The number of ether oxygens (including phenoxy) is 2. The molecule has 0 radical (unpaired) electrons. The third-order valence-electron chi connectivity index (χ3n) is 4.72. The number of benzene rings is 1. The highest BCUT2D eigenvalue weighted by molar-refractivity contribution is 7.89. The lowest BCUT2D eigenvalue weighted by molar-refractivity contribution is 0.0730. The monoisotopic (exact) mass is 404 g/mol. The van der Waals surface area contributed by atoms with E-state index in [-0.39, 0.29) is 16.5 Å². The van der Waals surface area contributed by atoms with Crippen LogP contribution >= 0.6 is 0 Å². The zero-order valence-corrected chi connectivity index (χ0v) is 16.0. The van der Waals surface area contributed by atoms with Crippen molar-refractivity contribution in [2.45, 2.75) is 4.90 Å². The standard InChI is InChI=1S/C18H20N4O5S/c19-13-16-18(21-5-9-25-10-6-21)27-17(20-16)14-1-3-15(4-2-14)28(23,24)22-7-11-26-12-8-22/h1-4H,5-12H2. The van der Waals surface area contributed by atoms with Crippen LogP contribution in [-0.4, -0.2) is 70.3 Å². The molecule has 0 spiro atoms. The Morgan fingerprint density at radius 2 is 1.57 bits per heavy atom. The topological polar surface area (TPSA) is 109 Å². The molecule has 28 heavy (non-hydrogen) atoms. The van der Waals surface area contributed by atoms with E-state index in [1.165, 1.54) is 16.4 Å². The van der Waals surface area contributed by atoms with E-state index in [1.54, 1.807) is 12.1 Å². The summed E-state index contributed by atoms with van der Waals surface area (Å²) >= 11 is 0. The molecule has 2 saturated heterocycles. The Hall–Kier alpha value is -2.45. The molecule has 2 aliphatic heterocycles. The Labute approximate surface area is 163 Å². The molecule has 148 valence electrons. The number of nitriles is 1. The van der Waals surface area contributed by atoms with E-state index in [0.717, 1.165) is 0 Å². The number of anilines is 1. The highest BCUT2D eigenvalue weighted by atomic mass is 32.2. The number of sulfonamides is 1. The molecule has 0 saturated carbocycles. The molecule has 0 amide bonds. The van der Waals surface area contributed by atoms with E-state index in [2.05, 4.69) is 11.1 Å². The van der Waals surface area contributed by atoms with Gasteiger partial charge in [0.05, 0.1) is 31.3 Å². The second kappa shape index (κ2) is 7.89. The first-order valence-electron chi connectivity index (χ1n) is 9.01. The summed E-state index contributed by atoms with van der Waals surface area (Å²) in [4.78, 5) is 6.40. The van der Waals surface area contributed by atoms with E-state index in [9.17, 15) is 13.7 Å². The van der Waals surface area contributed by atoms with Gasteiger partial charge < -0.3 is 18.8 Å². The van der Waals surface area contributed by atoms with Crippen molar-refractivity contribution in [1.29, 1.82) is 5.26 Å². The van der Waals surface area contributed by atoms with Gasteiger partial charge in [-0.25, -0.2) is 8.42 Å². The van der Waals surface area contributed by atoms with Crippen LogP contribution in [0.5, 0.6) is 0 Å². The highest BCUT2D eigenvalue weighted by Gasteiger charge is 2.27. The number of aromatic nitrogens is 1. The summed E-state index contributed by atoms with van der Waals surface area (Å²) < 4.78 is 43.2. The van der Waals surface area contributed by atoms with Gasteiger partial charge in [0.2, 0.25) is 27.5 Å². The van der Waals surface area contributed by atoms with Crippen molar-refractivity contribution >= 4 is 15.9 Å². The van der Waals surface area contributed by atoms with Crippen LogP contribution in [0.2, 0.25) is 0 Å². The molecular weight excluding hydrogens is 384 g/mol. The van der Waals surface area contributed by atoms with E-state index in [4.69, 9.17) is 13.9 Å². The van der Waals surface area contributed by atoms with E-state index < -0.39 is 10.0 Å². The van der Waals surface area contributed by atoms with Crippen molar-refractivity contribution in [2.24, 2.45) is 0 Å². The fraction of sp³-hybridized carbons (Fsp3) is 0.444. The van der Waals surface area contributed by atoms with Crippen LogP contribution in [0, 0.1) is 11.3 Å². The Morgan fingerprint density at radius 3 is 2.18 bits per heavy atom. The third kappa shape index (κ3) is 3.62. The molecule has 0 aliphatic carbocycles. The number of rotatable bonds is 4. The zero-order valence-electron chi connectivity index (χ0n) is 15.2. The molecule has 2 fully saturated rings. The van der Waals surface area contributed by atoms with Gasteiger partial charge >= 0.3 is 0 Å². The lowest BCUT2D eigenvalue weighted by Gasteiger charge is -2.26. The predicted octanol–water partition coefficient (Wildman–Crippen LogP) is 1.07. The summed E-state index contributed by atoms with van der Waals surface area (Å²) in [6, 6.07) is 8.41. The van der Waals surface area contributed by atoms with Gasteiger partial charge in [-0.2, -0.15) is 14.6 Å². The number of hydrogen-bond donors (Lipinski definition) is 0. The van der Waals surface area contributed by atoms with Crippen molar-refractivity contribution in [1.82, 2.24) is 9.29 Å². The summed E-state index contributed by atoms with van der Waals surface area (Å²) in [5, 5.41) is 9.38. The average molecular weight is 404 g/mol. The van der Waals surface area contributed by atoms with Crippen LogP contribution in [0.3, 0.4) is 0 Å². The Bertz CT molecular complexity index is 968. The van der Waals surface area contributed by atoms with Crippen LogP contribution < -0.4 is 4.90 Å². The second-order valence-corrected chi connectivity index (χ2v) is 8.36. The largest absolute Gasteiger partial charge is 0.419 e. The molecule has 10 heteroatoms. The molecule has 1 aromatic carbocycles.